The zero-order valence-corrected chi connectivity index (χ0v) is 12.1. The largest absolute Gasteiger partial charge is 0.358 e. The Morgan fingerprint density at radius 1 is 1.20 bits per heavy atom. The Bertz CT molecular complexity index is 306. The zero-order chi connectivity index (χ0) is 10.1. The van der Waals surface area contributed by atoms with Crippen molar-refractivity contribution < 1.29 is 42.3 Å². The molecule has 0 N–H and O–H groups in total. The number of isocyanates is 1. The van der Waals surface area contributed by atoms with Crippen molar-refractivity contribution in [3.05, 3.63) is 43.3 Å². The summed E-state index contributed by atoms with van der Waals surface area (Å²) in [7, 11) is 0. The Balaban J connectivity index is -0.000000339. The number of carbonyl (C=O) groups excluding carboxylic acids is 2. The van der Waals surface area contributed by atoms with Gasteiger partial charge in [0.1, 0.15) is 0 Å². The normalized spacial score (nSPS) is 6.53. The summed E-state index contributed by atoms with van der Waals surface area (Å²) in [5, 5.41) is 0. The number of aliphatic imine (C=N–C) groups is 1. The van der Waals surface area contributed by atoms with E-state index in [1.54, 1.807) is 30.3 Å². The predicted molar refractivity (Wildman–Crippen MR) is 56.7 cm³/mol. The molecule has 0 unspecified atom stereocenters. The molecular formula is C11H14NO2Y-. The molecule has 0 spiro atoms. The molecule has 1 amide bonds. The molecule has 0 aliphatic heterocycles. The molecule has 1 radical (unpaired) electrons. The van der Waals surface area contributed by atoms with E-state index in [0.29, 0.717) is 5.56 Å². The van der Waals surface area contributed by atoms with E-state index in [-0.39, 0.29) is 40.1 Å². The SMILES string of the molecule is CC.O=C=NC(=O)c1ccccc1.[CH3-].[Y]. The molecule has 0 fully saturated rings. The third-order valence-electron chi connectivity index (χ3n) is 1.17. The summed E-state index contributed by atoms with van der Waals surface area (Å²) in [6.07, 6.45) is 1.19. The van der Waals surface area contributed by atoms with Gasteiger partial charge >= 0.3 is 0 Å². The maximum absolute atomic E-state index is 10.8. The van der Waals surface area contributed by atoms with E-state index in [4.69, 9.17) is 0 Å². The average Bonchev–Trinajstić information content (AvgIpc) is 2.23. The topological polar surface area (TPSA) is 46.5 Å². The van der Waals surface area contributed by atoms with Crippen LogP contribution >= 0.6 is 0 Å². The monoisotopic (exact) mass is 281 g/mol. The van der Waals surface area contributed by atoms with E-state index >= 15 is 0 Å². The van der Waals surface area contributed by atoms with Crippen LogP contribution in [-0.4, -0.2) is 12.0 Å². The van der Waals surface area contributed by atoms with Crippen LogP contribution in [-0.2, 0) is 37.5 Å². The molecular weight excluding hydrogens is 267 g/mol. The number of amides is 1. The molecule has 0 atom stereocenters. The molecule has 0 saturated carbocycles. The fourth-order valence-corrected chi connectivity index (χ4v) is 0.687. The molecule has 0 bridgehead atoms. The smallest absolute Gasteiger partial charge is 0.287 e. The molecule has 0 aliphatic rings. The minimum Gasteiger partial charge on any atom is -0.358 e. The molecule has 1 aromatic rings. The number of hydrogen-bond donors (Lipinski definition) is 0. The molecule has 0 heterocycles. The van der Waals surface area contributed by atoms with Gasteiger partial charge in [-0.1, -0.05) is 32.0 Å². The first-order valence-electron chi connectivity index (χ1n) is 4.02. The molecule has 15 heavy (non-hydrogen) atoms. The molecule has 0 aliphatic carbocycles. The van der Waals surface area contributed by atoms with Gasteiger partial charge in [0.25, 0.3) is 5.91 Å². The van der Waals surface area contributed by atoms with Crippen LogP contribution in [0.4, 0.5) is 0 Å². The van der Waals surface area contributed by atoms with Crippen LogP contribution in [0.25, 0.3) is 0 Å². The Morgan fingerprint density at radius 3 is 2.07 bits per heavy atom. The summed E-state index contributed by atoms with van der Waals surface area (Å²) in [6, 6.07) is 8.36. The van der Waals surface area contributed by atoms with E-state index in [2.05, 4.69) is 4.99 Å². The minimum absolute atomic E-state index is 0. The zero-order valence-electron chi connectivity index (χ0n) is 9.23. The van der Waals surface area contributed by atoms with Crippen molar-refractivity contribution in [3.8, 4) is 0 Å². The predicted octanol–water partition coefficient (Wildman–Crippen LogP) is 2.64. The molecule has 1 rings (SSSR count). The standard InChI is InChI=1S/C8H5NO2.C2H6.CH3.Y/c10-6-9-8(11)7-4-2-1-3-5-7;1-2;;/h1-5H;1-2H3;1H3;/q;;-1;. The van der Waals surface area contributed by atoms with Crippen molar-refractivity contribution in [2.45, 2.75) is 13.8 Å². The first kappa shape index (κ1) is 19.9. The van der Waals surface area contributed by atoms with Gasteiger partial charge in [-0.25, -0.2) is 4.79 Å². The molecule has 1 aromatic carbocycles. The van der Waals surface area contributed by atoms with Gasteiger partial charge in [0.05, 0.1) is 0 Å². The van der Waals surface area contributed by atoms with Crippen LogP contribution in [0.1, 0.15) is 24.2 Å². The fraction of sp³-hybridized carbons (Fsp3) is 0.182. The summed E-state index contributed by atoms with van der Waals surface area (Å²) in [5.74, 6) is -0.555. The Morgan fingerprint density at radius 2 is 1.67 bits per heavy atom. The van der Waals surface area contributed by atoms with Crippen molar-refractivity contribution in [2.24, 2.45) is 4.99 Å². The molecule has 4 heteroatoms. The van der Waals surface area contributed by atoms with E-state index in [1.165, 1.54) is 6.08 Å². The maximum atomic E-state index is 10.8. The second kappa shape index (κ2) is 13.4. The van der Waals surface area contributed by atoms with Crippen molar-refractivity contribution in [3.63, 3.8) is 0 Å². The second-order valence-electron chi connectivity index (χ2n) is 1.87. The summed E-state index contributed by atoms with van der Waals surface area (Å²) in [5.41, 5.74) is 0.399. The fourth-order valence-electron chi connectivity index (χ4n) is 0.687. The molecule has 0 saturated heterocycles. The summed E-state index contributed by atoms with van der Waals surface area (Å²) < 4.78 is 0. The van der Waals surface area contributed by atoms with E-state index in [0.717, 1.165) is 0 Å². The van der Waals surface area contributed by atoms with Crippen LogP contribution in [0.15, 0.2) is 35.3 Å². The third kappa shape index (κ3) is 8.37. The first-order valence-corrected chi connectivity index (χ1v) is 4.02. The van der Waals surface area contributed by atoms with Gasteiger partial charge in [-0.3, -0.25) is 4.79 Å². The third-order valence-corrected chi connectivity index (χ3v) is 1.17. The molecule has 3 nitrogen and oxygen atoms in total. The number of nitrogens with zero attached hydrogens (tertiary/aromatic N) is 1. The Kier molecular flexibility index (Phi) is 17.7. The van der Waals surface area contributed by atoms with Crippen molar-refractivity contribution in [2.75, 3.05) is 0 Å². The van der Waals surface area contributed by atoms with Crippen LogP contribution in [0.2, 0.25) is 0 Å². The van der Waals surface area contributed by atoms with Crippen molar-refractivity contribution in [1.29, 1.82) is 0 Å². The van der Waals surface area contributed by atoms with Crippen LogP contribution in [0.3, 0.4) is 0 Å². The number of benzene rings is 1. The summed E-state index contributed by atoms with van der Waals surface area (Å²) in [4.78, 5) is 23.4. The molecule has 0 aromatic heterocycles. The number of rotatable bonds is 1. The second-order valence-corrected chi connectivity index (χ2v) is 1.87. The minimum atomic E-state index is -0.555. The first-order chi connectivity index (χ1) is 6.34. The van der Waals surface area contributed by atoms with Gasteiger partial charge in [0.2, 0.25) is 6.08 Å². The van der Waals surface area contributed by atoms with E-state index in [9.17, 15) is 9.59 Å². The van der Waals surface area contributed by atoms with Crippen LogP contribution in [0, 0.1) is 7.43 Å². The van der Waals surface area contributed by atoms with Crippen LogP contribution in [0.5, 0.6) is 0 Å². The maximum Gasteiger partial charge on any atom is 0.287 e. The van der Waals surface area contributed by atoms with Gasteiger partial charge < -0.3 is 7.43 Å². The van der Waals surface area contributed by atoms with E-state index < -0.39 is 5.91 Å². The van der Waals surface area contributed by atoms with Gasteiger partial charge in [-0.2, -0.15) is 0 Å². The van der Waals surface area contributed by atoms with Gasteiger partial charge in [0.15, 0.2) is 0 Å². The quantitative estimate of drug-likeness (QED) is 0.451. The number of hydrogen-bond acceptors (Lipinski definition) is 2. The van der Waals surface area contributed by atoms with Crippen LogP contribution < -0.4 is 0 Å². The summed E-state index contributed by atoms with van der Waals surface area (Å²) in [6.45, 7) is 4.00. The Hall–Kier alpha value is -0.626. The summed E-state index contributed by atoms with van der Waals surface area (Å²) >= 11 is 0. The van der Waals surface area contributed by atoms with Gasteiger partial charge in [-0.15, -0.1) is 4.99 Å². The van der Waals surface area contributed by atoms with E-state index in [1.807, 2.05) is 13.8 Å². The van der Waals surface area contributed by atoms with Gasteiger partial charge in [-0.05, 0) is 12.1 Å². The molecule has 79 valence electrons. The average molecular weight is 281 g/mol. The number of carbonyl (C=O) groups is 1. The Labute approximate surface area is 116 Å². The van der Waals surface area contributed by atoms with Crippen molar-refractivity contribution >= 4 is 12.0 Å². The van der Waals surface area contributed by atoms with Crippen molar-refractivity contribution in [1.82, 2.24) is 0 Å². The van der Waals surface area contributed by atoms with Gasteiger partial charge in [0, 0.05) is 38.3 Å².